The molecule has 1 aromatic carbocycles. The van der Waals surface area contributed by atoms with Gasteiger partial charge >= 0.3 is 0 Å². The Morgan fingerprint density at radius 2 is 1.77 bits per heavy atom. The van der Waals surface area contributed by atoms with Gasteiger partial charge in [-0.1, -0.05) is 29.3 Å². The molecule has 2 rings (SSSR count). The third kappa shape index (κ3) is 4.08. The molecule has 118 valence electrons. The van der Waals surface area contributed by atoms with E-state index in [0.29, 0.717) is 28.1 Å². The Balaban J connectivity index is 2.00. The highest BCUT2D eigenvalue weighted by Gasteiger charge is 2.21. The van der Waals surface area contributed by atoms with Gasteiger partial charge in [-0.3, -0.25) is 0 Å². The summed E-state index contributed by atoms with van der Waals surface area (Å²) in [5.74, 6) is 0.569. The molecule has 0 amide bonds. The first-order valence-corrected chi connectivity index (χ1v) is 7.62. The minimum atomic E-state index is -0.807. The van der Waals surface area contributed by atoms with E-state index in [1.54, 1.807) is 37.6 Å². The van der Waals surface area contributed by atoms with E-state index < -0.39 is 6.10 Å². The highest BCUT2D eigenvalue weighted by molar-refractivity contribution is 6.36. The van der Waals surface area contributed by atoms with Crippen molar-refractivity contribution in [3.63, 3.8) is 0 Å². The number of aliphatic hydroxyl groups is 1. The molecular weight excluding hydrogens is 323 g/mol. The van der Waals surface area contributed by atoms with Gasteiger partial charge in [-0.05, 0) is 19.1 Å². The fourth-order valence-corrected chi connectivity index (χ4v) is 2.63. The maximum absolute atomic E-state index is 10.4. The van der Waals surface area contributed by atoms with E-state index in [1.807, 2.05) is 6.92 Å². The largest absolute Gasteiger partial charge is 0.387 e. The van der Waals surface area contributed by atoms with Crippen molar-refractivity contribution in [3.05, 3.63) is 51.8 Å². The summed E-state index contributed by atoms with van der Waals surface area (Å²) in [6, 6.07) is 4.94. The van der Waals surface area contributed by atoms with Crippen LogP contribution in [-0.4, -0.2) is 28.2 Å². The second kappa shape index (κ2) is 7.74. The van der Waals surface area contributed by atoms with Crippen molar-refractivity contribution in [1.29, 1.82) is 0 Å². The summed E-state index contributed by atoms with van der Waals surface area (Å²) in [4.78, 5) is 8.28. The molecule has 0 aliphatic heterocycles. The minimum absolute atomic E-state index is 0.235. The lowest BCUT2D eigenvalue weighted by molar-refractivity contribution is 0.135. The van der Waals surface area contributed by atoms with E-state index in [1.165, 1.54) is 0 Å². The number of hydrogen-bond acceptors (Lipinski definition) is 5. The van der Waals surface area contributed by atoms with Crippen LogP contribution in [0.4, 0.5) is 5.95 Å². The third-order valence-corrected chi connectivity index (χ3v) is 3.99. The molecule has 1 aromatic heterocycles. The average Bonchev–Trinajstić information content (AvgIpc) is 2.52. The van der Waals surface area contributed by atoms with Crippen LogP contribution in [0.15, 0.2) is 30.6 Å². The van der Waals surface area contributed by atoms with Crippen molar-refractivity contribution in [2.75, 3.05) is 12.4 Å². The summed E-state index contributed by atoms with van der Waals surface area (Å²) in [5.41, 5.74) is 1.45. The van der Waals surface area contributed by atoms with Crippen LogP contribution in [0.5, 0.6) is 0 Å². The van der Waals surface area contributed by atoms with Crippen molar-refractivity contribution in [2.45, 2.75) is 25.6 Å². The number of aromatic nitrogens is 2. The molecule has 1 heterocycles. The lowest BCUT2D eigenvalue weighted by Crippen LogP contribution is -2.32. The topological polar surface area (TPSA) is 70.1 Å². The number of benzene rings is 1. The van der Waals surface area contributed by atoms with E-state index >= 15 is 0 Å². The summed E-state index contributed by atoms with van der Waals surface area (Å²) in [5, 5.41) is 17.4. The van der Waals surface area contributed by atoms with Crippen LogP contribution in [0, 0.1) is 0 Å². The molecule has 2 unspecified atom stereocenters. The van der Waals surface area contributed by atoms with Gasteiger partial charge in [0.2, 0.25) is 5.95 Å². The smallest absolute Gasteiger partial charge is 0.222 e. The standard InChI is InChI=1S/C15H18Cl2N4O/c1-9(14(22)13-11(16)4-3-5-12(13)17)19-6-10-7-20-15(18-2)21-8-10/h3-5,7-9,14,19,22H,6H2,1-2H3,(H,18,20,21). The van der Waals surface area contributed by atoms with E-state index in [4.69, 9.17) is 23.2 Å². The molecule has 2 aromatic rings. The summed E-state index contributed by atoms with van der Waals surface area (Å²) >= 11 is 12.2. The van der Waals surface area contributed by atoms with Gasteiger partial charge in [-0.15, -0.1) is 0 Å². The zero-order valence-corrected chi connectivity index (χ0v) is 13.9. The third-order valence-electron chi connectivity index (χ3n) is 3.33. The molecule has 7 heteroatoms. The van der Waals surface area contributed by atoms with Gasteiger partial charge in [0.05, 0.1) is 6.10 Å². The molecule has 0 radical (unpaired) electrons. The van der Waals surface area contributed by atoms with Crippen LogP contribution in [-0.2, 0) is 6.54 Å². The lowest BCUT2D eigenvalue weighted by Gasteiger charge is -2.22. The highest BCUT2D eigenvalue weighted by Crippen LogP contribution is 2.31. The van der Waals surface area contributed by atoms with Crippen molar-refractivity contribution in [2.24, 2.45) is 0 Å². The van der Waals surface area contributed by atoms with Crippen molar-refractivity contribution < 1.29 is 5.11 Å². The maximum Gasteiger partial charge on any atom is 0.222 e. The number of anilines is 1. The van der Waals surface area contributed by atoms with Gasteiger partial charge < -0.3 is 15.7 Å². The summed E-state index contributed by atoms with van der Waals surface area (Å²) in [7, 11) is 1.76. The Morgan fingerprint density at radius 3 is 2.32 bits per heavy atom. The minimum Gasteiger partial charge on any atom is -0.387 e. The van der Waals surface area contributed by atoms with Gasteiger partial charge in [0, 0.05) is 53.2 Å². The molecule has 22 heavy (non-hydrogen) atoms. The second-order valence-corrected chi connectivity index (χ2v) is 5.73. The molecule has 0 aliphatic rings. The Hall–Kier alpha value is -1.40. The molecule has 5 nitrogen and oxygen atoms in total. The molecule has 3 N–H and O–H groups in total. The average molecular weight is 341 g/mol. The number of hydrogen-bond donors (Lipinski definition) is 3. The quantitative estimate of drug-likeness (QED) is 0.753. The number of aliphatic hydroxyl groups excluding tert-OH is 1. The fourth-order valence-electron chi connectivity index (χ4n) is 2.01. The predicted octanol–water partition coefficient (Wildman–Crippen LogP) is 3.04. The predicted molar refractivity (Wildman–Crippen MR) is 89.3 cm³/mol. The normalized spacial score (nSPS) is 13.7. The number of rotatable bonds is 6. The van der Waals surface area contributed by atoms with E-state index in [-0.39, 0.29) is 6.04 Å². The van der Waals surface area contributed by atoms with Crippen molar-refractivity contribution in [3.8, 4) is 0 Å². The van der Waals surface area contributed by atoms with Crippen molar-refractivity contribution in [1.82, 2.24) is 15.3 Å². The lowest BCUT2D eigenvalue weighted by atomic mass is 10.0. The van der Waals surface area contributed by atoms with Gasteiger partial charge in [-0.2, -0.15) is 0 Å². The SMILES string of the molecule is CNc1ncc(CNC(C)C(O)c2c(Cl)cccc2Cl)cn1. The maximum atomic E-state index is 10.4. The fraction of sp³-hybridized carbons (Fsp3) is 0.333. The van der Waals surface area contributed by atoms with Crippen LogP contribution in [0.25, 0.3) is 0 Å². The Morgan fingerprint density at radius 1 is 1.18 bits per heavy atom. The highest BCUT2D eigenvalue weighted by atomic mass is 35.5. The summed E-state index contributed by atoms with van der Waals surface area (Å²) in [6.45, 7) is 2.40. The first-order valence-electron chi connectivity index (χ1n) is 6.87. The molecule has 0 spiro atoms. The second-order valence-electron chi connectivity index (χ2n) is 4.91. The van der Waals surface area contributed by atoms with Gasteiger partial charge in [0.25, 0.3) is 0 Å². The molecule has 0 bridgehead atoms. The van der Waals surface area contributed by atoms with Crippen LogP contribution >= 0.6 is 23.2 Å². The van der Waals surface area contributed by atoms with E-state index in [9.17, 15) is 5.11 Å². The molecule has 0 saturated heterocycles. The monoisotopic (exact) mass is 340 g/mol. The van der Waals surface area contributed by atoms with Crippen LogP contribution in [0.2, 0.25) is 10.0 Å². The first kappa shape index (κ1) is 17.0. The van der Waals surface area contributed by atoms with Gasteiger partial charge in [0.1, 0.15) is 0 Å². The van der Waals surface area contributed by atoms with Crippen LogP contribution in [0.3, 0.4) is 0 Å². The van der Waals surface area contributed by atoms with E-state index in [2.05, 4.69) is 20.6 Å². The summed E-state index contributed by atoms with van der Waals surface area (Å²) in [6.07, 6.45) is 2.65. The zero-order valence-electron chi connectivity index (χ0n) is 12.3. The molecule has 0 saturated carbocycles. The van der Waals surface area contributed by atoms with Gasteiger partial charge in [-0.25, -0.2) is 9.97 Å². The van der Waals surface area contributed by atoms with Crippen LogP contribution in [0.1, 0.15) is 24.2 Å². The number of nitrogens with one attached hydrogen (secondary N) is 2. The number of halogens is 2. The molecule has 2 atom stereocenters. The Kier molecular flexibility index (Phi) is 5.97. The first-order chi connectivity index (χ1) is 10.5. The number of nitrogens with zero attached hydrogens (tertiary/aromatic N) is 2. The zero-order chi connectivity index (χ0) is 16.1. The molecular formula is C15H18Cl2N4O. The van der Waals surface area contributed by atoms with Crippen LogP contribution < -0.4 is 10.6 Å². The van der Waals surface area contributed by atoms with Crippen molar-refractivity contribution >= 4 is 29.2 Å². The summed E-state index contributed by atoms with van der Waals surface area (Å²) < 4.78 is 0. The van der Waals surface area contributed by atoms with Gasteiger partial charge in [0.15, 0.2) is 0 Å². The molecule has 0 fully saturated rings. The van der Waals surface area contributed by atoms with E-state index in [0.717, 1.165) is 5.56 Å². The molecule has 0 aliphatic carbocycles. The Bertz CT molecular complexity index is 601. The Labute approximate surface area is 139 Å².